The van der Waals surface area contributed by atoms with Crippen molar-refractivity contribution in [2.75, 3.05) is 26.2 Å². The summed E-state index contributed by atoms with van der Waals surface area (Å²) in [4.78, 5) is 2.50. The van der Waals surface area contributed by atoms with Gasteiger partial charge in [-0.3, -0.25) is 0 Å². The molecule has 1 aliphatic heterocycles. The Hall–Kier alpha value is -0.0800. The van der Waals surface area contributed by atoms with Crippen molar-refractivity contribution >= 4 is 0 Å². The van der Waals surface area contributed by atoms with E-state index in [0.29, 0.717) is 12.0 Å². The molecular weight excluding hydrogens is 162 g/mol. The van der Waals surface area contributed by atoms with Gasteiger partial charge in [-0.05, 0) is 24.7 Å². The average Bonchev–Trinajstić information content (AvgIpc) is 2.13. The molecular formula is C11H21NO. The second-order valence-corrected chi connectivity index (χ2v) is 4.85. The maximum Gasteiger partial charge on any atom is 0.0443 e. The van der Waals surface area contributed by atoms with Crippen molar-refractivity contribution in [1.29, 1.82) is 0 Å². The molecule has 1 saturated carbocycles. The molecule has 2 fully saturated rings. The maximum absolute atomic E-state index is 8.71. The molecule has 1 aliphatic carbocycles. The molecule has 1 saturated heterocycles. The zero-order valence-electron chi connectivity index (χ0n) is 8.47. The molecule has 0 amide bonds. The quantitative estimate of drug-likeness (QED) is 0.719. The first kappa shape index (κ1) is 9.47. The Morgan fingerprint density at radius 3 is 2.38 bits per heavy atom. The number of aliphatic hydroxyl groups excluding tert-OH is 1. The van der Waals surface area contributed by atoms with Crippen LogP contribution in [0, 0.1) is 5.41 Å². The lowest BCUT2D eigenvalue weighted by atomic mass is 9.68. The predicted molar refractivity (Wildman–Crippen MR) is 53.7 cm³/mol. The van der Waals surface area contributed by atoms with Gasteiger partial charge in [-0.25, -0.2) is 0 Å². The van der Waals surface area contributed by atoms with E-state index in [1.165, 1.54) is 45.2 Å². The van der Waals surface area contributed by atoms with E-state index < -0.39 is 0 Å². The molecule has 2 rings (SSSR count). The highest BCUT2D eigenvalue weighted by atomic mass is 16.3. The van der Waals surface area contributed by atoms with E-state index in [0.717, 1.165) is 13.0 Å². The van der Waals surface area contributed by atoms with Crippen molar-refractivity contribution in [2.45, 2.75) is 38.5 Å². The van der Waals surface area contributed by atoms with Crippen LogP contribution in [0.1, 0.15) is 38.5 Å². The van der Waals surface area contributed by atoms with E-state index in [4.69, 9.17) is 5.11 Å². The monoisotopic (exact) mass is 183 g/mol. The Morgan fingerprint density at radius 2 is 1.77 bits per heavy atom. The lowest BCUT2D eigenvalue weighted by Crippen LogP contribution is -2.57. The highest BCUT2D eigenvalue weighted by Gasteiger charge is 2.42. The summed E-state index contributed by atoms with van der Waals surface area (Å²) >= 11 is 0. The number of aliphatic hydroxyl groups is 1. The van der Waals surface area contributed by atoms with Gasteiger partial charge in [-0.2, -0.15) is 0 Å². The van der Waals surface area contributed by atoms with Crippen LogP contribution in [-0.2, 0) is 0 Å². The van der Waals surface area contributed by atoms with Crippen LogP contribution < -0.4 is 0 Å². The highest BCUT2D eigenvalue weighted by molar-refractivity contribution is 4.96. The van der Waals surface area contributed by atoms with Crippen LogP contribution in [0.2, 0.25) is 0 Å². The van der Waals surface area contributed by atoms with Crippen molar-refractivity contribution in [3.05, 3.63) is 0 Å². The summed E-state index contributed by atoms with van der Waals surface area (Å²) in [6, 6.07) is 0. The molecule has 1 heterocycles. The van der Waals surface area contributed by atoms with E-state index in [2.05, 4.69) is 4.90 Å². The summed E-state index contributed by atoms with van der Waals surface area (Å²) in [5, 5.41) is 8.71. The summed E-state index contributed by atoms with van der Waals surface area (Å²) in [7, 11) is 0. The SMILES string of the molecule is OCCCN1CC2(CCCCC2)C1. The van der Waals surface area contributed by atoms with Crippen LogP contribution >= 0.6 is 0 Å². The van der Waals surface area contributed by atoms with Crippen LogP contribution in [0.4, 0.5) is 0 Å². The molecule has 1 spiro atoms. The molecule has 2 nitrogen and oxygen atoms in total. The molecule has 76 valence electrons. The lowest BCUT2D eigenvalue weighted by Gasteiger charge is -2.52. The Bertz CT molecular complexity index is 155. The van der Waals surface area contributed by atoms with Crippen LogP contribution in [0.3, 0.4) is 0 Å². The van der Waals surface area contributed by atoms with Crippen LogP contribution in [-0.4, -0.2) is 36.2 Å². The Morgan fingerprint density at radius 1 is 1.08 bits per heavy atom. The van der Waals surface area contributed by atoms with Gasteiger partial charge in [0.1, 0.15) is 0 Å². The first-order chi connectivity index (χ1) is 6.35. The standard InChI is InChI=1S/C11H21NO/c13-8-4-7-12-9-11(10-12)5-2-1-3-6-11/h13H,1-10H2. The normalized spacial score (nSPS) is 27.5. The molecule has 13 heavy (non-hydrogen) atoms. The fourth-order valence-corrected chi connectivity index (χ4v) is 2.97. The van der Waals surface area contributed by atoms with Gasteiger partial charge >= 0.3 is 0 Å². The average molecular weight is 183 g/mol. The third-order valence-electron chi connectivity index (χ3n) is 3.66. The minimum absolute atomic E-state index is 0.351. The fourth-order valence-electron chi connectivity index (χ4n) is 2.97. The summed E-state index contributed by atoms with van der Waals surface area (Å²) in [5.41, 5.74) is 0.716. The van der Waals surface area contributed by atoms with Gasteiger partial charge in [-0.15, -0.1) is 0 Å². The molecule has 0 aromatic heterocycles. The van der Waals surface area contributed by atoms with Gasteiger partial charge < -0.3 is 10.0 Å². The third kappa shape index (κ3) is 2.05. The van der Waals surface area contributed by atoms with Crippen LogP contribution in [0.15, 0.2) is 0 Å². The minimum Gasteiger partial charge on any atom is -0.396 e. The van der Waals surface area contributed by atoms with Crippen molar-refractivity contribution in [3.8, 4) is 0 Å². The Labute approximate surface area is 80.9 Å². The molecule has 0 unspecified atom stereocenters. The number of nitrogens with zero attached hydrogens (tertiary/aromatic N) is 1. The second kappa shape index (κ2) is 3.97. The predicted octanol–water partition coefficient (Wildman–Crippen LogP) is 1.63. The first-order valence-electron chi connectivity index (χ1n) is 5.68. The smallest absolute Gasteiger partial charge is 0.0443 e. The largest absolute Gasteiger partial charge is 0.396 e. The molecule has 0 atom stereocenters. The number of rotatable bonds is 3. The Balaban J connectivity index is 1.69. The zero-order chi connectivity index (χ0) is 9.15. The molecule has 2 aliphatic rings. The minimum atomic E-state index is 0.351. The number of hydrogen-bond donors (Lipinski definition) is 1. The second-order valence-electron chi connectivity index (χ2n) is 4.85. The molecule has 0 aromatic rings. The van der Waals surface area contributed by atoms with Gasteiger partial charge in [0.05, 0.1) is 0 Å². The van der Waals surface area contributed by atoms with Crippen LogP contribution in [0.25, 0.3) is 0 Å². The number of likely N-dealkylation sites (tertiary alicyclic amines) is 1. The molecule has 0 aromatic carbocycles. The topological polar surface area (TPSA) is 23.5 Å². The van der Waals surface area contributed by atoms with E-state index >= 15 is 0 Å². The third-order valence-corrected chi connectivity index (χ3v) is 3.66. The first-order valence-corrected chi connectivity index (χ1v) is 5.68. The maximum atomic E-state index is 8.71. The zero-order valence-corrected chi connectivity index (χ0v) is 8.47. The summed E-state index contributed by atoms with van der Waals surface area (Å²) in [6.45, 7) is 4.09. The van der Waals surface area contributed by atoms with Crippen molar-refractivity contribution in [1.82, 2.24) is 4.90 Å². The van der Waals surface area contributed by atoms with Gasteiger partial charge in [0.15, 0.2) is 0 Å². The van der Waals surface area contributed by atoms with Crippen LogP contribution in [0.5, 0.6) is 0 Å². The van der Waals surface area contributed by atoms with E-state index in [9.17, 15) is 0 Å². The van der Waals surface area contributed by atoms with Crippen molar-refractivity contribution in [2.24, 2.45) is 5.41 Å². The number of hydrogen-bond acceptors (Lipinski definition) is 2. The van der Waals surface area contributed by atoms with E-state index in [-0.39, 0.29) is 0 Å². The Kier molecular flexibility index (Phi) is 2.89. The molecule has 0 bridgehead atoms. The molecule has 2 heteroatoms. The van der Waals surface area contributed by atoms with Crippen molar-refractivity contribution < 1.29 is 5.11 Å². The highest BCUT2D eigenvalue weighted by Crippen LogP contribution is 2.43. The summed E-state index contributed by atoms with van der Waals surface area (Å²) in [5.74, 6) is 0. The van der Waals surface area contributed by atoms with Gasteiger partial charge in [-0.1, -0.05) is 19.3 Å². The summed E-state index contributed by atoms with van der Waals surface area (Å²) in [6.07, 6.45) is 8.24. The fraction of sp³-hybridized carbons (Fsp3) is 1.00. The van der Waals surface area contributed by atoms with Gasteiger partial charge in [0.25, 0.3) is 0 Å². The van der Waals surface area contributed by atoms with E-state index in [1.807, 2.05) is 0 Å². The lowest BCUT2D eigenvalue weighted by molar-refractivity contribution is -0.0300. The van der Waals surface area contributed by atoms with Gasteiger partial charge in [0, 0.05) is 26.2 Å². The summed E-state index contributed by atoms with van der Waals surface area (Å²) < 4.78 is 0. The van der Waals surface area contributed by atoms with Gasteiger partial charge in [0.2, 0.25) is 0 Å². The molecule has 1 N–H and O–H groups in total. The van der Waals surface area contributed by atoms with Crippen molar-refractivity contribution in [3.63, 3.8) is 0 Å². The molecule has 0 radical (unpaired) electrons. The van der Waals surface area contributed by atoms with E-state index in [1.54, 1.807) is 0 Å².